The summed E-state index contributed by atoms with van der Waals surface area (Å²) < 4.78 is 5.05. The van der Waals surface area contributed by atoms with E-state index in [4.69, 9.17) is 16.3 Å². The van der Waals surface area contributed by atoms with Crippen molar-refractivity contribution in [2.75, 3.05) is 6.61 Å². The molecular weight excluding hydrogens is 140 g/mol. The van der Waals surface area contributed by atoms with Crippen LogP contribution in [0.3, 0.4) is 0 Å². The van der Waals surface area contributed by atoms with Crippen LogP contribution in [0.5, 0.6) is 0 Å². The SMILES string of the molecule is C[C@H]1CCO[C@H]1C(=O)Cl. The summed E-state index contributed by atoms with van der Waals surface area (Å²) in [6.07, 6.45) is 0.606. The van der Waals surface area contributed by atoms with Crippen LogP contribution in [0.25, 0.3) is 0 Å². The molecule has 3 heteroatoms. The van der Waals surface area contributed by atoms with E-state index in [-0.39, 0.29) is 11.3 Å². The summed E-state index contributed by atoms with van der Waals surface area (Å²) in [5.74, 6) is 0.301. The number of halogens is 1. The lowest BCUT2D eigenvalue weighted by atomic mass is 10.1. The Labute approximate surface area is 59.1 Å². The van der Waals surface area contributed by atoms with E-state index in [1.165, 1.54) is 0 Å². The minimum Gasteiger partial charge on any atom is -0.369 e. The number of hydrogen-bond acceptors (Lipinski definition) is 2. The second-order valence-corrected chi connectivity index (χ2v) is 2.73. The molecule has 1 aliphatic rings. The molecule has 0 aliphatic carbocycles. The van der Waals surface area contributed by atoms with Crippen molar-refractivity contribution in [1.82, 2.24) is 0 Å². The summed E-state index contributed by atoms with van der Waals surface area (Å²) in [5, 5.41) is -0.361. The normalized spacial score (nSPS) is 34.9. The smallest absolute Gasteiger partial charge is 0.250 e. The maximum absolute atomic E-state index is 10.5. The number of carbonyl (C=O) groups excluding carboxylic acids is 1. The molecule has 0 spiro atoms. The molecule has 0 aromatic rings. The minimum atomic E-state index is -0.361. The van der Waals surface area contributed by atoms with E-state index < -0.39 is 0 Å². The Morgan fingerprint density at radius 3 is 2.67 bits per heavy atom. The zero-order chi connectivity index (χ0) is 6.85. The summed E-state index contributed by atoms with van der Waals surface area (Å²) in [4.78, 5) is 10.5. The third kappa shape index (κ3) is 1.43. The van der Waals surface area contributed by atoms with Crippen LogP contribution in [-0.2, 0) is 9.53 Å². The van der Waals surface area contributed by atoms with Crippen LogP contribution in [0, 0.1) is 5.92 Å². The molecule has 0 aromatic heterocycles. The van der Waals surface area contributed by atoms with Gasteiger partial charge in [0, 0.05) is 6.61 Å². The summed E-state index contributed by atoms with van der Waals surface area (Å²) in [6.45, 7) is 2.64. The maximum Gasteiger partial charge on any atom is 0.250 e. The van der Waals surface area contributed by atoms with Crippen molar-refractivity contribution in [2.24, 2.45) is 5.92 Å². The van der Waals surface area contributed by atoms with Gasteiger partial charge in [-0.1, -0.05) is 6.92 Å². The van der Waals surface area contributed by atoms with E-state index in [9.17, 15) is 4.79 Å². The van der Waals surface area contributed by atoms with Crippen LogP contribution in [0.4, 0.5) is 0 Å². The largest absolute Gasteiger partial charge is 0.369 e. The highest BCUT2D eigenvalue weighted by atomic mass is 35.5. The quantitative estimate of drug-likeness (QED) is 0.522. The fourth-order valence-corrected chi connectivity index (χ4v) is 1.26. The van der Waals surface area contributed by atoms with Gasteiger partial charge in [0.05, 0.1) is 0 Å². The highest BCUT2D eigenvalue weighted by Gasteiger charge is 2.29. The van der Waals surface area contributed by atoms with Gasteiger partial charge in [-0.25, -0.2) is 0 Å². The standard InChI is InChI=1S/C6H9ClO2/c1-4-2-3-9-5(4)6(7)8/h4-5H,2-3H2,1H3/t4-,5+/m0/s1. The number of rotatable bonds is 1. The Hall–Kier alpha value is -0.0800. The zero-order valence-electron chi connectivity index (χ0n) is 5.26. The summed E-state index contributed by atoms with van der Waals surface area (Å²) >= 11 is 5.22. The van der Waals surface area contributed by atoms with Crippen molar-refractivity contribution >= 4 is 16.8 Å². The molecule has 1 aliphatic heterocycles. The number of hydrogen-bond donors (Lipinski definition) is 0. The lowest BCUT2D eigenvalue weighted by molar-refractivity contribution is -0.121. The Bertz CT molecular complexity index is 124. The summed E-state index contributed by atoms with van der Waals surface area (Å²) in [6, 6.07) is 0. The van der Waals surface area contributed by atoms with Gasteiger partial charge < -0.3 is 4.74 Å². The Morgan fingerprint density at radius 2 is 2.44 bits per heavy atom. The maximum atomic E-state index is 10.5. The molecule has 1 fully saturated rings. The average molecular weight is 149 g/mol. The molecule has 2 atom stereocenters. The molecule has 0 radical (unpaired) electrons. The first-order valence-corrected chi connectivity index (χ1v) is 3.40. The van der Waals surface area contributed by atoms with E-state index in [2.05, 4.69) is 0 Å². The van der Waals surface area contributed by atoms with Crippen molar-refractivity contribution < 1.29 is 9.53 Å². The van der Waals surface area contributed by atoms with Gasteiger partial charge in [0.2, 0.25) is 0 Å². The molecule has 0 bridgehead atoms. The van der Waals surface area contributed by atoms with E-state index in [0.29, 0.717) is 12.5 Å². The minimum absolute atomic E-state index is 0.301. The predicted octanol–water partition coefficient (Wildman–Crippen LogP) is 1.18. The molecule has 2 nitrogen and oxygen atoms in total. The Balaban J connectivity index is 2.49. The molecule has 52 valence electrons. The first kappa shape index (κ1) is 7.03. The second-order valence-electron chi connectivity index (χ2n) is 2.36. The lowest BCUT2D eigenvalue weighted by Gasteiger charge is -2.06. The molecule has 1 heterocycles. The van der Waals surface area contributed by atoms with Crippen LogP contribution < -0.4 is 0 Å². The molecule has 1 saturated heterocycles. The van der Waals surface area contributed by atoms with Crippen LogP contribution >= 0.6 is 11.6 Å². The summed E-state index contributed by atoms with van der Waals surface area (Å²) in [5.41, 5.74) is 0. The molecule has 0 unspecified atom stereocenters. The third-order valence-electron chi connectivity index (χ3n) is 1.61. The monoisotopic (exact) mass is 148 g/mol. The van der Waals surface area contributed by atoms with E-state index in [0.717, 1.165) is 6.42 Å². The molecule has 0 amide bonds. The molecule has 0 aromatic carbocycles. The fraction of sp³-hybridized carbons (Fsp3) is 0.833. The highest BCUT2D eigenvalue weighted by molar-refractivity contribution is 6.64. The van der Waals surface area contributed by atoms with Gasteiger partial charge in [-0.2, -0.15) is 0 Å². The summed E-state index contributed by atoms with van der Waals surface area (Å²) in [7, 11) is 0. The first-order valence-electron chi connectivity index (χ1n) is 3.03. The van der Waals surface area contributed by atoms with Crippen molar-refractivity contribution in [2.45, 2.75) is 19.4 Å². The van der Waals surface area contributed by atoms with Crippen LogP contribution in [-0.4, -0.2) is 18.0 Å². The fourth-order valence-electron chi connectivity index (χ4n) is 0.986. The van der Waals surface area contributed by atoms with Crippen molar-refractivity contribution in [3.8, 4) is 0 Å². The van der Waals surface area contributed by atoms with Gasteiger partial charge in [0.15, 0.2) is 0 Å². The lowest BCUT2D eigenvalue weighted by Crippen LogP contribution is -2.20. The van der Waals surface area contributed by atoms with Crippen LogP contribution in [0.1, 0.15) is 13.3 Å². The topological polar surface area (TPSA) is 26.3 Å². The first-order chi connectivity index (χ1) is 4.22. The third-order valence-corrected chi connectivity index (χ3v) is 1.83. The van der Waals surface area contributed by atoms with Crippen molar-refractivity contribution in [1.29, 1.82) is 0 Å². The second kappa shape index (κ2) is 2.67. The van der Waals surface area contributed by atoms with Gasteiger partial charge in [0.25, 0.3) is 5.24 Å². The Morgan fingerprint density at radius 1 is 1.78 bits per heavy atom. The van der Waals surface area contributed by atoms with Gasteiger partial charge in [0.1, 0.15) is 6.10 Å². The van der Waals surface area contributed by atoms with Gasteiger partial charge in [-0.05, 0) is 23.9 Å². The number of carbonyl (C=O) groups is 1. The van der Waals surface area contributed by atoms with E-state index in [1.807, 2.05) is 6.92 Å². The van der Waals surface area contributed by atoms with Crippen LogP contribution in [0.2, 0.25) is 0 Å². The molecular formula is C6H9ClO2. The zero-order valence-corrected chi connectivity index (χ0v) is 6.02. The van der Waals surface area contributed by atoms with E-state index in [1.54, 1.807) is 0 Å². The molecule has 0 saturated carbocycles. The highest BCUT2D eigenvalue weighted by Crippen LogP contribution is 2.21. The molecule has 9 heavy (non-hydrogen) atoms. The van der Waals surface area contributed by atoms with Gasteiger partial charge in [-0.15, -0.1) is 0 Å². The van der Waals surface area contributed by atoms with Crippen LogP contribution in [0.15, 0.2) is 0 Å². The predicted molar refractivity (Wildman–Crippen MR) is 34.4 cm³/mol. The number of ether oxygens (including phenoxy) is 1. The average Bonchev–Trinajstić information content (AvgIpc) is 2.13. The molecule has 1 rings (SSSR count). The Kier molecular flexibility index (Phi) is 2.09. The molecule has 0 N–H and O–H groups in total. The van der Waals surface area contributed by atoms with E-state index >= 15 is 0 Å². The van der Waals surface area contributed by atoms with Gasteiger partial charge >= 0.3 is 0 Å². The van der Waals surface area contributed by atoms with Crippen molar-refractivity contribution in [3.63, 3.8) is 0 Å². The van der Waals surface area contributed by atoms with Crippen molar-refractivity contribution in [3.05, 3.63) is 0 Å². The van der Waals surface area contributed by atoms with Gasteiger partial charge in [-0.3, -0.25) is 4.79 Å².